The lowest BCUT2D eigenvalue weighted by Crippen LogP contribution is -2.61. The molecule has 0 bridgehead atoms. The first-order valence-corrected chi connectivity index (χ1v) is 16.9. The molecule has 1 unspecified atom stereocenters. The topological polar surface area (TPSA) is 232 Å². The average Bonchev–Trinajstić information content (AvgIpc) is 3.38. The van der Waals surface area contributed by atoms with Crippen LogP contribution in [0.2, 0.25) is 0 Å². The maximum Gasteiger partial charge on any atom is 0.353 e. The van der Waals surface area contributed by atoms with Crippen molar-refractivity contribution in [2.75, 3.05) is 0 Å². The van der Waals surface area contributed by atoms with Crippen LogP contribution < -0.4 is 0 Å². The van der Waals surface area contributed by atoms with Gasteiger partial charge in [0.15, 0.2) is 0 Å². The molecule has 2 aliphatic heterocycles. The molecule has 266 valence electrons. The van der Waals surface area contributed by atoms with Crippen molar-refractivity contribution in [1.29, 1.82) is 10.5 Å². The molecular formula is C38H29N5O9S. The van der Waals surface area contributed by atoms with Gasteiger partial charge in [0.2, 0.25) is 5.91 Å². The summed E-state index contributed by atoms with van der Waals surface area (Å²) in [6.07, 6.45) is -0.880. The second-order valence-electron chi connectivity index (χ2n) is 13.0. The highest BCUT2D eigenvalue weighted by Gasteiger charge is 2.63. The number of carboxylic acid groups (broad SMARTS) is 1. The van der Waals surface area contributed by atoms with Crippen molar-refractivity contribution in [1.82, 2.24) is 4.90 Å². The van der Waals surface area contributed by atoms with Crippen molar-refractivity contribution in [3.63, 3.8) is 0 Å². The van der Waals surface area contributed by atoms with Crippen LogP contribution in [0.1, 0.15) is 52.6 Å². The minimum absolute atomic E-state index is 0.0890. The molecule has 0 radical (unpaired) electrons. The SMILES string of the molecule is N#Cc1ccc([C@@](O)(CC2=C(C(=O)O)N3C(=O)CC3(C[C@@](O)(Cc3ccc([N+](=O)[O-])cc3)c3ccc(C#N)cc3)S2)Cc2ccc([N+](=O)[O-])cc2)cc1. The van der Waals surface area contributed by atoms with E-state index in [1.54, 1.807) is 12.1 Å². The summed E-state index contributed by atoms with van der Waals surface area (Å²) in [6.45, 7) is 0. The van der Waals surface area contributed by atoms with Gasteiger partial charge in [-0.1, -0.05) is 60.3 Å². The second-order valence-corrected chi connectivity index (χ2v) is 14.5. The number of hydrogen-bond donors (Lipinski definition) is 3. The Hall–Kier alpha value is -6.39. The van der Waals surface area contributed by atoms with E-state index in [-0.39, 0.29) is 54.1 Å². The molecule has 2 heterocycles. The summed E-state index contributed by atoms with van der Waals surface area (Å²) in [7, 11) is 0. The Morgan fingerprint density at radius 3 is 1.58 bits per heavy atom. The lowest BCUT2D eigenvalue weighted by molar-refractivity contribution is -0.385. The van der Waals surface area contributed by atoms with Crippen LogP contribution >= 0.6 is 11.8 Å². The Balaban J connectivity index is 1.39. The number of non-ortho nitro benzene ring substituents is 2. The van der Waals surface area contributed by atoms with Gasteiger partial charge in [0.25, 0.3) is 11.4 Å². The van der Waals surface area contributed by atoms with Crippen LogP contribution in [0.5, 0.6) is 0 Å². The molecule has 14 nitrogen and oxygen atoms in total. The standard InChI is InChI=1S/C38H29N5O9S/c39-21-26-1-9-28(10-2-26)36(47,17-24-5-13-30(14-6-24)42(49)50)19-32-34(35(45)46)41-33(44)20-38(41,53-32)23-37(48,29-11-3-27(22-40)4-12-29)18-25-7-15-31(16-8-25)43(51)52/h1-16,47-48H,17-20,23H2,(H,45,46)/t36-,37-,38?/m0/s1. The molecule has 0 aromatic heterocycles. The van der Waals surface area contributed by atoms with E-state index >= 15 is 0 Å². The van der Waals surface area contributed by atoms with Gasteiger partial charge in [0.1, 0.15) is 10.6 Å². The number of amides is 1. The Labute approximate surface area is 306 Å². The number of benzene rings is 4. The van der Waals surface area contributed by atoms with Gasteiger partial charge in [0, 0.05) is 54.9 Å². The van der Waals surface area contributed by atoms with Gasteiger partial charge in [0.05, 0.1) is 50.7 Å². The number of hydrogen-bond acceptors (Lipinski definition) is 11. The van der Waals surface area contributed by atoms with E-state index < -0.39 is 37.8 Å². The smallest absolute Gasteiger partial charge is 0.353 e. The third-order valence-electron chi connectivity index (χ3n) is 9.50. The number of aliphatic hydroxyl groups is 2. The highest BCUT2D eigenvalue weighted by Crippen LogP contribution is 2.61. The van der Waals surface area contributed by atoms with Gasteiger partial charge in [-0.2, -0.15) is 10.5 Å². The van der Waals surface area contributed by atoms with Crippen molar-refractivity contribution >= 4 is 35.0 Å². The van der Waals surface area contributed by atoms with Gasteiger partial charge >= 0.3 is 5.97 Å². The van der Waals surface area contributed by atoms with Gasteiger partial charge in [-0.15, -0.1) is 0 Å². The summed E-state index contributed by atoms with van der Waals surface area (Å²) in [4.78, 5) is 47.7. The van der Waals surface area contributed by atoms with Crippen molar-refractivity contribution in [2.45, 2.75) is 48.2 Å². The lowest BCUT2D eigenvalue weighted by Gasteiger charge is -2.50. The molecule has 1 amide bonds. The summed E-state index contributed by atoms with van der Waals surface area (Å²) in [6, 6.07) is 27.4. The Morgan fingerprint density at radius 1 is 0.755 bits per heavy atom. The Kier molecular flexibility index (Phi) is 9.59. The molecule has 3 N–H and O–H groups in total. The van der Waals surface area contributed by atoms with Crippen LogP contribution in [-0.4, -0.2) is 46.8 Å². The van der Waals surface area contributed by atoms with Gasteiger partial charge in [-0.3, -0.25) is 29.9 Å². The van der Waals surface area contributed by atoms with Crippen LogP contribution in [0.25, 0.3) is 0 Å². The van der Waals surface area contributed by atoms with Gasteiger partial charge < -0.3 is 15.3 Å². The van der Waals surface area contributed by atoms with E-state index in [4.69, 9.17) is 0 Å². The Bertz CT molecular complexity index is 2250. The number of aliphatic carboxylic acids is 1. The maximum atomic E-state index is 13.3. The fourth-order valence-electron chi connectivity index (χ4n) is 6.97. The number of nitrogens with zero attached hydrogens (tertiary/aromatic N) is 5. The van der Waals surface area contributed by atoms with Gasteiger partial charge in [-0.25, -0.2) is 4.79 Å². The van der Waals surface area contributed by atoms with E-state index in [0.717, 1.165) is 16.7 Å². The molecule has 1 saturated heterocycles. The van der Waals surface area contributed by atoms with Crippen LogP contribution in [-0.2, 0) is 33.6 Å². The predicted octanol–water partition coefficient (Wildman–Crippen LogP) is 5.56. The zero-order chi connectivity index (χ0) is 38.1. The van der Waals surface area contributed by atoms with Crippen LogP contribution in [0.4, 0.5) is 11.4 Å². The van der Waals surface area contributed by atoms with Gasteiger partial charge in [-0.05, 0) is 46.5 Å². The molecule has 1 fully saturated rings. The summed E-state index contributed by atoms with van der Waals surface area (Å²) in [5.41, 5.74) is -1.94. The zero-order valence-corrected chi connectivity index (χ0v) is 28.5. The number of carboxylic acids is 1. The maximum absolute atomic E-state index is 13.3. The van der Waals surface area contributed by atoms with E-state index in [0.29, 0.717) is 33.4 Å². The average molecular weight is 732 g/mol. The number of nitro groups is 2. The minimum atomic E-state index is -1.83. The number of carbonyl (C=O) groups is 2. The molecule has 4 aromatic carbocycles. The molecule has 53 heavy (non-hydrogen) atoms. The second kappa shape index (κ2) is 14.0. The van der Waals surface area contributed by atoms with Crippen molar-refractivity contribution in [2.24, 2.45) is 0 Å². The summed E-state index contributed by atoms with van der Waals surface area (Å²) < 4.78 is 0. The van der Waals surface area contributed by atoms with E-state index in [1.165, 1.54) is 84.9 Å². The third-order valence-corrected chi connectivity index (χ3v) is 10.9. The molecule has 6 rings (SSSR count). The molecule has 0 aliphatic carbocycles. The molecule has 15 heteroatoms. The Morgan fingerprint density at radius 2 is 1.19 bits per heavy atom. The highest BCUT2D eigenvalue weighted by molar-refractivity contribution is 8.04. The number of fused-ring (bicyclic) bond motifs is 1. The van der Waals surface area contributed by atoms with Crippen molar-refractivity contribution in [3.05, 3.63) is 161 Å². The monoisotopic (exact) mass is 731 g/mol. The van der Waals surface area contributed by atoms with E-state index in [1.807, 2.05) is 12.1 Å². The lowest BCUT2D eigenvalue weighted by atomic mass is 9.78. The van der Waals surface area contributed by atoms with E-state index in [2.05, 4.69) is 0 Å². The number of rotatable bonds is 13. The van der Waals surface area contributed by atoms with Crippen LogP contribution in [0, 0.1) is 42.9 Å². The molecule has 3 atom stereocenters. The summed E-state index contributed by atoms with van der Waals surface area (Å²) in [5, 5.41) is 76.8. The molecule has 0 saturated carbocycles. The fraction of sp³-hybridized carbons (Fsp3) is 0.211. The fourth-order valence-corrected chi connectivity index (χ4v) is 8.80. The highest BCUT2D eigenvalue weighted by atomic mass is 32.2. The molecule has 0 spiro atoms. The number of nitriles is 2. The van der Waals surface area contributed by atoms with Crippen molar-refractivity contribution < 1.29 is 34.8 Å². The molecular weight excluding hydrogens is 703 g/mol. The number of β-lactam (4-membered cyclic amide) rings is 1. The van der Waals surface area contributed by atoms with E-state index in [9.17, 15) is 55.7 Å². The number of nitro benzene ring substituents is 2. The quantitative estimate of drug-likeness (QED) is 0.0872. The predicted molar refractivity (Wildman–Crippen MR) is 189 cm³/mol. The third kappa shape index (κ3) is 7.09. The summed E-state index contributed by atoms with van der Waals surface area (Å²) >= 11 is 1.04. The minimum Gasteiger partial charge on any atom is -0.477 e. The summed E-state index contributed by atoms with van der Waals surface area (Å²) in [5.74, 6) is -1.95. The number of carbonyl (C=O) groups excluding carboxylic acids is 1. The largest absolute Gasteiger partial charge is 0.477 e. The first-order valence-electron chi connectivity index (χ1n) is 16.1. The molecule has 2 aliphatic rings. The number of thioether (sulfide) groups is 1. The zero-order valence-electron chi connectivity index (χ0n) is 27.7. The first-order chi connectivity index (χ1) is 25.2. The molecule has 4 aromatic rings. The van der Waals surface area contributed by atoms with Crippen molar-refractivity contribution in [3.8, 4) is 12.1 Å². The van der Waals surface area contributed by atoms with Crippen LogP contribution in [0.3, 0.4) is 0 Å². The first kappa shape index (κ1) is 36.4. The van der Waals surface area contributed by atoms with Crippen LogP contribution in [0.15, 0.2) is 108 Å². The normalized spacial score (nSPS) is 18.5.